The van der Waals surface area contributed by atoms with E-state index >= 15 is 0 Å². The molecule has 0 bridgehead atoms. The average Bonchev–Trinajstić information content (AvgIpc) is 2.17. The largest absolute Gasteiger partial charge is 0.383 e. The molecule has 1 heterocycles. The molecule has 1 aromatic heterocycles. The number of aromatic nitrogens is 1. The maximum Gasteiger partial charge on any atom is 0.184 e. The Morgan fingerprint density at radius 2 is 2.40 bits per heavy atom. The van der Waals surface area contributed by atoms with Crippen molar-refractivity contribution in [2.75, 3.05) is 5.73 Å². The summed E-state index contributed by atoms with van der Waals surface area (Å²) in [6, 6.07) is 1.01. The number of carbonyl (C=O) groups excluding carboxylic acids is 1. The summed E-state index contributed by atoms with van der Waals surface area (Å²) < 4.78 is 0. The standard InChI is InChI=1S/C11H13N3O/c1-3-4-8(12)10(15)9-7(2)5-6-14-11(9)13/h1,5-6,8H,4,12H2,2H3,(H2,13,14). The molecule has 78 valence electrons. The fourth-order valence-electron chi connectivity index (χ4n) is 1.30. The van der Waals surface area contributed by atoms with Crippen LogP contribution in [-0.4, -0.2) is 16.8 Å². The number of anilines is 1. The molecule has 1 aromatic rings. The van der Waals surface area contributed by atoms with Crippen LogP contribution >= 0.6 is 0 Å². The Labute approximate surface area is 88.7 Å². The van der Waals surface area contributed by atoms with Crippen molar-refractivity contribution in [3.8, 4) is 12.3 Å². The first-order valence-corrected chi connectivity index (χ1v) is 4.52. The fraction of sp³-hybridized carbons (Fsp3) is 0.273. The molecular formula is C11H13N3O. The molecule has 15 heavy (non-hydrogen) atoms. The molecule has 4 nitrogen and oxygen atoms in total. The Kier molecular flexibility index (Phi) is 3.42. The van der Waals surface area contributed by atoms with Crippen molar-refractivity contribution in [2.24, 2.45) is 5.73 Å². The molecule has 0 radical (unpaired) electrons. The van der Waals surface area contributed by atoms with Crippen LogP contribution in [0.25, 0.3) is 0 Å². The molecule has 4 N–H and O–H groups in total. The second kappa shape index (κ2) is 4.58. The number of ketones is 1. The van der Waals surface area contributed by atoms with E-state index in [9.17, 15) is 4.79 Å². The van der Waals surface area contributed by atoms with Crippen LogP contribution in [0.1, 0.15) is 22.3 Å². The molecule has 1 rings (SSSR count). The predicted molar refractivity (Wildman–Crippen MR) is 59.1 cm³/mol. The maximum absolute atomic E-state index is 11.8. The third-order valence-electron chi connectivity index (χ3n) is 2.11. The zero-order chi connectivity index (χ0) is 11.4. The van der Waals surface area contributed by atoms with Crippen molar-refractivity contribution in [3.05, 3.63) is 23.4 Å². The van der Waals surface area contributed by atoms with Crippen LogP contribution in [0.3, 0.4) is 0 Å². The van der Waals surface area contributed by atoms with E-state index in [0.29, 0.717) is 5.56 Å². The van der Waals surface area contributed by atoms with Gasteiger partial charge in [0.15, 0.2) is 5.78 Å². The quantitative estimate of drug-likeness (QED) is 0.553. The monoisotopic (exact) mass is 203 g/mol. The van der Waals surface area contributed by atoms with Crippen LogP contribution in [0.2, 0.25) is 0 Å². The van der Waals surface area contributed by atoms with Gasteiger partial charge in [-0.1, -0.05) is 0 Å². The lowest BCUT2D eigenvalue weighted by atomic mass is 9.99. The summed E-state index contributed by atoms with van der Waals surface area (Å²) in [5.74, 6) is 2.30. The van der Waals surface area contributed by atoms with Gasteiger partial charge in [-0.25, -0.2) is 4.98 Å². The Balaban J connectivity index is 3.07. The Morgan fingerprint density at radius 3 is 2.93 bits per heavy atom. The highest BCUT2D eigenvalue weighted by molar-refractivity contribution is 6.04. The second-order valence-electron chi connectivity index (χ2n) is 3.27. The number of hydrogen-bond acceptors (Lipinski definition) is 4. The van der Waals surface area contributed by atoms with Gasteiger partial charge in [-0.15, -0.1) is 12.3 Å². The van der Waals surface area contributed by atoms with E-state index in [1.165, 1.54) is 0 Å². The molecule has 1 unspecified atom stereocenters. The Bertz CT molecular complexity index is 400. The van der Waals surface area contributed by atoms with Gasteiger partial charge >= 0.3 is 0 Å². The SMILES string of the molecule is C#CCC(N)C(=O)c1c(C)ccnc1N. The fourth-order valence-corrected chi connectivity index (χ4v) is 1.30. The molecule has 0 aromatic carbocycles. The van der Waals surface area contributed by atoms with Crippen molar-refractivity contribution in [2.45, 2.75) is 19.4 Å². The normalized spacial score (nSPS) is 11.8. The van der Waals surface area contributed by atoms with E-state index in [-0.39, 0.29) is 18.0 Å². The van der Waals surface area contributed by atoms with Crippen LogP contribution in [-0.2, 0) is 0 Å². The zero-order valence-corrected chi connectivity index (χ0v) is 8.53. The Morgan fingerprint density at radius 1 is 1.73 bits per heavy atom. The van der Waals surface area contributed by atoms with E-state index in [0.717, 1.165) is 5.56 Å². The van der Waals surface area contributed by atoms with E-state index in [1.807, 2.05) is 0 Å². The van der Waals surface area contributed by atoms with Gasteiger partial charge in [0, 0.05) is 12.6 Å². The third-order valence-corrected chi connectivity index (χ3v) is 2.11. The van der Waals surface area contributed by atoms with Crippen LogP contribution in [0.5, 0.6) is 0 Å². The predicted octanol–water partition coefficient (Wildman–Crippen LogP) is 0.506. The van der Waals surface area contributed by atoms with Gasteiger partial charge in [0.25, 0.3) is 0 Å². The summed E-state index contributed by atoms with van der Waals surface area (Å²) >= 11 is 0. The summed E-state index contributed by atoms with van der Waals surface area (Å²) in [4.78, 5) is 15.7. The molecule has 0 aliphatic heterocycles. The highest BCUT2D eigenvalue weighted by Crippen LogP contribution is 2.15. The first kappa shape index (κ1) is 11.2. The summed E-state index contributed by atoms with van der Waals surface area (Å²) in [5, 5.41) is 0. The van der Waals surface area contributed by atoms with Gasteiger partial charge < -0.3 is 11.5 Å². The minimum Gasteiger partial charge on any atom is -0.383 e. The number of nitrogen functional groups attached to an aromatic ring is 1. The first-order valence-electron chi connectivity index (χ1n) is 4.52. The number of pyridine rings is 1. The number of nitrogens with two attached hydrogens (primary N) is 2. The first-order chi connectivity index (χ1) is 7.07. The lowest BCUT2D eigenvalue weighted by Crippen LogP contribution is -2.31. The summed E-state index contributed by atoms with van der Waals surface area (Å²) in [6.45, 7) is 1.79. The van der Waals surface area contributed by atoms with Gasteiger partial charge in [-0.3, -0.25) is 4.79 Å². The van der Waals surface area contributed by atoms with E-state index < -0.39 is 6.04 Å². The molecule has 1 atom stereocenters. The molecule has 0 saturated carbocycles. The highest BCUT2D eigenvalue weighted by Gasteiger charge is 2.19. The molecule has 0 saturated heterocycles. The van der Waals surface area contributed by atoms with Crippen LogP contribution in [0.15, 0.2) is 12.3 Å². The van der Waals surface area contributed by atoms with Crippen molar-refractivity contribution >= 4 is 11.6 Å². The minimum absolute atomic E-state index is 0.201. The maximum atomic E-state index is 11.8. The molecule has 0 aliphatic rings. The number of terminal acetylenes is 1. The van der Waals surface area contributed by atoms with Gasteiger partial charge in [0.1, 0.15) is 5.82 Å². The molecule has 0 fully saturated rings. The Hall–Kier alpha value is -1.86. The molecule has 0 spiro atoms. The molecule has 0 amide bonds. The van der Waals surface area contributed by atoms with Gasteiger partial charge in [0.2, 0.25) is 0 Å². The number of rotatable bonds is 3. The van der Waals surface area contributed by atoms with Crippen molar-refractivity contribution in [1.82, 2.24) is 4.98 Å². The lowest BCUT2D eigenvalue weighted by Gasteiger charge is -2.11. The van der Waals surface area contributed by atoms with Crippen molar-refractivity contribution < 1.29 is 4.79 Å². The lowest BCUT2D eigenvalue weighted by molar-refractivity contribution is 0.0963. The number of aryl methyl sites for hydroxylation is 1. The average molecular weight is 203 g/mol. The zero-order valence-electron chi connectivity index (χ0n) is 8.53. The van der Waals surface area contributed by atoms with Gasteiger partial charge in [-0.2, -0.15) is 0 Å². The molecule has 4 heteroatoms. The number of carbonyl (C=O) groups is 1. The van der Waals surface area contributed by atoms with E-state index in [1.54, 1.807) is 19.2 Å². The van der Waals surface area contributed by atoms with Gasteiger partial charge in [0.05, 0.1) is 11.6 Å². The summed E-state index contributed by atoms with van der Waals surface area (Å²) in [6.07, 6.45) is 6.84. The second-order valence-corrected chi connectivity index (χ2v) is 3.27. The summed E-state index contributed by atoms with van der Waals surface area (Å²) in [5.41, 5.74) is 12.4. The van der Waals surface area contributed by atoms with E-state index in [4.69, 9.17) is 17.9 Å². The smallest absolute Gasteiger partial charge is 0.184 e. The van der Waals surface area contributed by atoms with Crippen molar-refractivity contribution in [3.63, 3.8) is 0 Å². The minimum atomic E-state index is -0.708. The molecular weight excluding hydrogens is 190 g/mol. The van der Waals surface area contributed by atoms with E-state index in [2.05, 4.69) is 10.9 Å². The highest BCUT2D eigenvalue weighted by atomic mass is 16.1. The molecule has 0 aliphatic carbocycles. The van der Waals surface area contributed by atoms with Crippen LogP contribution in [0.4, 0.5) is 5.82 Å². The van der Waals surface area contributed by atoms with Crippen LogP contribution < -0.4 is 11.5 Å². The topological polar surface area (TPSA) is 82.0 Å². The van der Waals surface area contributed by atoms with Crippen molar-refractivity contribution in [1.29, 1.82) is 0 Å². The van der Waals surface area contributed by atoms with Gasteiger partial charge in [-0.05, 0) is 18.6 Å². The number of nitrogens with zero attached hydrogens (tertiary/aromatic N) is 1. The third kappa shape index (κ3) is 2.33. The number of Topliss-reactive ketones (excluding diaryl/α,β-unsaturated/α-hetero) is 1. The van der Waals surface area contributed by atoms with Crippen LogP contribution in [0, 0.1) is 19.3 Å². The summed E-state index contributed by atoms with van der Waals surface area (Å²) in [7, 11) is 0. The number of hydrogen-bond donors (Lipinski definition) is 2.